The van der Waals surface area contributed by atoms with Gasteiger partial charge in [0, 0.05) is 12.1 Å². The van der Waals surface area contributed by atoms with E-state index in [4.69, 9.17) is 4.74 Å². The first-order valence-corrected chi connectivity index (χ1v) is 6.25. The van der Waals surface area contributed by atoms with Gasteiger partial charge in [0.25, 0.3) is 0 Å². The molecule has 3 nitrogen and oxygen atoms in total. The molecule has 1 atom stereocenters. The Morgan fingerprint density at radius 2 is 2.17 bits per heavy atom. The highest BCUT2D eigenvalue weighted by Crippen LogP contribution is 2.35. The molecule has 1 heterocycles. The van der Waals surface area contributed by atoms with Gasteiger partial charge in [0.15, 0.2) is 0 Å². The Bertz CT molecular complexity index is 432. The van der Waals surface area contributed by atoms with Gasteiger partial charge in [0.1, 0.15) is 5.82 Å². The summed E-state index contributed by atoms with van der Waals surface area (Å²) in [6, 6.07) is 4.84. The van der Waals surface area contributed by atoms with Crippen LogP contribution < -0.4 is 4.90 Å². The summed E-state index contributed by atoms with van der Waals surface area (Å²) >= 11 is 0. The van der Waals surface area contributed by atoms with Gasteiger partial charge in [-0.05, 0) is 26.8 Å². The van der Waals surface area contributed by atoms with Gasteiger partial charge in [-0.25, -0.2) is 4.39 Å². The third-order valence-corrected chi connectivity index (χ3v) is 3.38. The smallest absolute Gasteiger partial charge is 0.146 e. The monoisotopic (exact) mass is 253 g/mol. The molecule has 1 aliphatic rings. The molecule has 1 saturated heterocycles. The Labute approximate surface area is 107 Å². The zero-order valence-corrected chi connectivity index (χ0v) is 11.1. The number of hydrogen-bond donors (Lipinski definition) is 1. The fraction of sp³-hybridized carbons (Fsp3) is 0.571. The maximum atomic E-state index is 14.1. The fourth-order valence-electron chi connectivity index (χ4n) is 2.43. The molecule has 100 valence electrons. The average molecular weight is 253 g/mol. The molecule has 1 aromatic rings. The lowest BCUT2D eigenvalue weighted by Crippen LogP contribution is -2.53. The number of hydrogen-bond acceptors (Lipinski definition) is 3. The average Bonchev–Trinajstić information content (AvgIpc) is 2.29. The van der Waals surface area contributed by atoms with E-state index in [2.05, 4.69) is 0 Å². The molecule has 4 heteroatoms. The van der Waals surface area contributed by atoms with Crippen molar-refractivity contribution in [3.05, 3.63) is 29.6 Å². The number of aliphatic hydroxyl groups is 1. The van der Waals surface area contributed by atoms with E-state index in [0.717, 1.165) is 0 Å². The van der Waals surface area contributed by atoms with Crippen LogP contribution in [0.4, 0.5) is 10.1 Å². The van der Waals surface area contributed by atoms with E-state index >= 15 is 0 Å². The van der Waals surface area contributed by atoms with Crippen LogP contribution in [0.2, 0.25) is 0 Å². The van der Waals surface area contributed by atoms with Crippen molar-refractivity contribution >= 4 is 5.69 Å². The lowest BCUT2D eigenvalue weighted by atomic mass is 9.98. The largest absolute Gasteiger partial charge is 0.389 e. The second kappa shape index (κ2) is 4.86. The van der Waals surface area contributed by atoms with Gasteiger partial charge < -0.3 is 14.7 Å². The van der Waals surface area contributed by atoms with Gasteiger partial charge in [-0.15, -0.1) is 0 Å². The van der Waals surface area contributed by atoms with Crippen molar-refractivity contribution in [3.8, 4) is 0 Å². The molecule has 0 aromatic heterocycles. The number of para-hydroxylation sites is 1. The second-order valence-electron chi connectivity index (χ2n) is 5.37. The van der Waals surface area contributed by atoms with E-state index < -0.39 is 6.10 Å². The first-order chi connectivity index (χ1) is 8.43. The summed E-state index contributed by atoms with van der Waals surface area (Å²) in [6.07, 6.45) is -0.686. The van der Waals surface area contributed by atoms with Crippen LogP contribution in [0.1, 0.15) is 32.4 Å². The van der Waals surface area contributed by atoms with Crippen molar-refractivity contribution in [2.24, 2.45) is 0 Å². The summed E-state index contributed by atoms with van der Waals surface area (Å²) in [7, 11) is 0. The normalized spacial score (nSPS) is 20.8. The van der Waals surface area contributed by atoms with E-state index in [9.17, 15) is 9.50 Å². The molecule has 18 heavy (non-hydrogen) atoms. The van der Waals surface area contributed by atoms with E-state index in [1.54, 1.807) is 19.1 Å². The molecule has 2 rings (SSSR count). The SMILES string of the molecule is CC(O)c1cccc(F)c1N1CCOCC1(C)C. The molecule has 0 bridgehead atoms. The number of nitrogens with zero attached hydrogens (tertiary/aromatic N) is 1. The van der Waals surface area contributed by atoms with E-state index in [1.807, 2.05) is 18.7 Å². The standard InChI is InChI=1S/C14H20FNO2/c1-10(17)11-5-4-6-12(15)13(11)16-7-8-18-9-14(16,2)3/h4-6,10,17H,7-9H2,1-3H3. The van der Waals surface area contributed by atoms with Crippen molar-refractivity contribution in [1.29, 1.82) is 0 Å². The van der Waals surface area contributed by atoms with Crippen LogP contribution in [0.3, 0.4) is 0 Å². The third-order valence-electron chi connectivity index (χ3n) is 3.38. The lowest BCUT2D eigenvalue weighted by Gasteiger charge is -2.44. The first-order valence-electron chi connectivity index (χ1n) is 6.25. The topological polar surface area (TPSA) is 32.7 Å². The Balaban J connectivity index is 2.49. The number of ether oxygens (including phenoxy) is 1. The molecule has 0 radical (unpaired) electrons. The van der Waals surface area contributed by atoms with Gasteiger partial charge in [0.05, 0.1) is 30.5 Å². The maximum Gasteiger partial charge on any atom is 0.146 e. The Hall–Kier alpha value is -1.13. The summed E-state index contributed by atoms with van der Waals surface area (Å²) in [4.78, 5) is 1.99. The summed E-state index contributed by atoms with van der Waals surface area (Å²) < 4.78 is 19.6. The highest BCUT2D eigenvalue weighted by molar-refractivity contribution is 5.58. The fourth-order valence-corrected chi connectivity index (χ4v) is 2.43. The van der Waals surface area contributed by atoms with Crippen LogP contribution in [0.25, 0.3) is 0 Å². The summed E-state index contributed by atoms with van der Waals surface area (Å²) in [5, 5.41) is 9.81. The number of aliphatic hydroxyl groups excluding tert-OH is 1. The molecule has 1 aliphatic heterocycles. The molecule has 0 saturated carbocycles. The van der Waals surface area contributed by atoms with Crippen molar-refractivity contribution in [2.45, 2.75) is 32.4 Å². The molecular formula is C14H20FNO2. The molecule has 0 aliphatic carbocycles. The molecule has 1 unspecified atom stereocenters. The van der Waals surface area contributed by atoms with Crippen LogP contribution in [-0.4, -0.2) is 30.4 Å². The molecule has 1 N–H and O–H groups in total. The van der Waals surface area contributed by atoms with Crippen molar-refractivity contribution in [1.82, 2.24) is 0 Å². The van der Waals surface area contributed by atoms with Gasteiger partial charge in [-0.1, -0.05) is 12.1 Å². The first kappa shape index (κ1) is 13.3. The van der Waals surface area contributed by atoms with Crippen LogP contribution in [-0.2, 0) is 4.74 Å². The second-order valence-corrected chi connectivity index (χ2v) is 5.37. The van der Waals surface area contributed by atoms with E-state index in [0.29, 0.717) is 31.0 Å². The number of halogens is 1. The van der Waals surface area contributed by atoms with Gasteiger partial charge >= 0.3 is 0 Å². The lowest BCUT2D eigenvalue weighted by molar-refractivity contribution is 0.0635. The summed E-state index contributed by atoms with van der Waals surface area (Å²) in [5.74, 6) is -0.289. The highest BCUT2D eigenvalue weighted by Gasteiger charge is 2.34. The predicted molar refractivity (Wildman–Crippen MR) is 69.3 cm³/mol. The molecular weight excluding hydrogens is 233 g/mol. The van der Waals surface area contributed by atoms with Gasteiger partial charge in [-0.2, -0.15) is 0 Å². The number of morpholine rings is 1. The van der Waals surface area contributed by atoms with Gasteiger partial charge in [-0.3, -0.25) is 0 Å². The minimum absolute atomic E-state index is 0.274. The van der Waals surface area contributed by atoms with Crippen LogP contribution in [0.5, 0.6) is 0 Å². The number of benzene rings is 1. The Morgan fingerprint density at radius 1 is 1.44 bits per heavy atom. The van der Waals surface area contributed by atoms with E-state index in [1.165, 1.54) is 6.07 Å². The van der Waals surface area contributed by atoms with Crippen LogP contribution >= 0.6 is 0 Å². The maximum absolute atomic E-state index is 14.1. The molecule has 1 fully saturated rings. The Morgan fingerprint density at radius 3 is 2.78 bits per heavy atom. The number of rotatable bonds is 2. The Kier molecular flexibility index (Phi) is 3.59. The third kappa shape index (κ3) is 2.35. The number of anilines is 1. The minimum Gasteiger partial charge on any atom is -0.389 e. The zero-order valence-electron chi connectivity index (χ0n) is 11.1. The van der Waals surface area contributed by atoms with Crippen LogP contribution in [0.15, 0.2) is 18.2 Å². The minimum atomic E-state index is -0.686. The van der Waals surface area contributed by atoms with Crippen molar-refractivity contribution in [2.75, 3.05) is 24.7 Å². The van der Waals surface area contributed by atoms with E-state index in [-0.39, 0.29) is 11.4 Å². The molecule has 0 spiro atoms. The van der Waals surface area contributed by atoms with Crippen LogP contribution in [0, 0.1) is 5.82 Å². The summed E-state index contributed by atoms with van der Waals surface area (Å²) in [5.41, 5.74) is 0.857. The van der Waals surface area contributed by atoms with Crippen molar-refractivity contribution < 1.29 is 14.2 Å². The predicted octanol–water partition coefficient (Wildman–Crippen LogP) is 2.49. The molecule has 1 aromatic carbocycles. The quantitative estimate of drug-likeness (QED) is 0.879. The highest BCUT2D eigenvalue weighted by atomic mass is 19.1. The molecule has 0 amide bonds. The summed E-state index contributed by atoms with van der Waals surface area (Å²) in [6.45, 7) is 7.46. The van der Waals surface area contributed by atoms with Gasteiger partial charge in [0.2, 0.25) is 0 Å². The zero-order chi connectivity index (χ0) is 13.3. The van der Waals surface area contributed by atoms with Crippen molar-refractivity contribution in [3.63, 3.8) is 0 Å².